The first kappa shape index (κ1) is 12.1. The number of halogens is 1. The third-order valence-electron chi connectivity index (χ3n) is 1.95. The first-order valence-electron chi connectivity index (χ1n) is 4.61. The van der Waals surface area contributed by atoms with E-state index in [1.54, 1.807) is 25.2 Å². The van der Waals surface area contributed by atoms with Crippen molar-refractivity contribution in [1.82, 2.24) is 14.8 Å². The monoisotopic (exact) mass is 316 g/mol. The quantitative estimate of drug-likeness (QED) is 0.868. The van der Waals surface area contributed by atoms with E-state index in [9.17, 15) is 8.42 Å². The van der Waals surface area contributed by atoms with Crippen LogP contribution in [0.1, 0.15) is 0 Å². The third-order valence-corrected chi connectivity index (χ3v) is 3.70. The van der Waals surface area contributed by atoms with Crippen LogP contribution in [0.4, 0.5) is 5.82 Å². The molecule has 0 atom stereocenters. The van der Waals surface area contributed by atoms with Gasteiger partial charge in [0.1, 0.15) is 15.3 Å². The SMILES string of the molecule is Cn1cc(S(=O)(=O)Nc2cccc(Br)n2)cn1. The fourth-order valence-corrected chi connectivity index (χ4v) is 2.53. The summed E-state index contributed by atoms with van der Waals surface area (Å²) in [5.41, 5.74) is 0. The normalized spacial score (nSPS) is 11.4. The lowest BCUT2D eigenvalue weighted by Crippen LogP contribution is -2.13. The van der Waals surface area contributed by atoms with Crippen LogP contribution in [0.3, 0.4) is 0 Å². The molecule has 2 heterocycles. The van der Waals surface area contributed by atoms with Gasteiger partial charge in [0.25, 0.3) is 10.0 Å². The molecule has 0 radical (unpaired) electrons. The fraction of sp³-hybridized carbons (Fsp3) is 0.111. The Balaban J connectivity index is 2.29. The van der Waals surface area contributed by atoms with Crippen LogP contribution in [-0.4, -0.2) is 23.2 Å². The van der Waals surface area contributed by atoms with E-state index in [1.165, 1.54) is 17.1 Å². The van der Waals surface area contributed by atoms with Gasteiger partial charge in [0.15, 0.2) is 0 Å². The Hall–Kier alpha value is -1.41. The average Bonchev–Trinajstić information content (AvgIpc) is 2.65. The molecule has 0 aliphatic rings. The zero-order chi connectivity index (χ0) is 12.5. The molecule has 0 amide bonds. The van der Waals surface area contributed by atoms with E-state index >= 15 is 0 Å². The highest BCUT2D eigenvalue weighted by Gasteiger charge is 2.16. The molecule has 17 heavy (non-hydrogen) atoms. The minimum Gasteiger partial charge on any atom is -0.274 e. The number of hydrogen-bond acceptors (Lipinski definition) is 4. The van der Waals surface area contributed by atoms with Crippen LogP contribution < -0.4 is 4.72 Å². The zero-order valence-corrected chi connectivity index (χ0v) is 11.2. The number of rotatable bonds is 3. The van der Waals surface area contributed by atoms with Crippen LogP contribution in [-0.2, 0) is 17.1 Å². The number of aromatic nitrogens is 3. The second kappa shape index (κ2) is 4.46. The fourth-order valence-electron chi connectivity index (χ4n) is 1.20. The Morgan fingerprint density at radius 1 is 1.41 bits per heavy atom. The summed E-state index contributed by atoms with van der Waals surface area (Å²) < 4.78 is 28.2. The number of anilines is 1. The molecular formula is C9H9BrN4O2S. The maximum atomic E-state index is 11.9. The van der Waals surface area contributed by atoms with Crippen LogP contribution in [0.15, 0.2) is 40.1 Å². The molecule has 90 valence electrons. The van der Waals surface area contributed by atoms with Crippen molar-refractivity contribution in [1.29, 1.82) is 0 Å². The standard InChI is InChI=1S/C9H9BrN4O2S/c1-14-6-7(5-11-14)17(15,16)13-9-4-2-3-8(10)12-9/h2-6H,1H3,(H,12,13). The van der Waals surface area contributed by atoms with Crippen molar-refractivity contribution in [2.45, 2.75) is 4.90 Å². The molecule has 0 aromatic carbocycles. The molecule has 2 rings (SSSR count). The molecule has 0 unspecified atom stereocenters. The second-order valence-electron chi connectivity index (χ2n) is 3.30. The maximum Gasteiger partial charge on any atom is 0.266 e. The zero-order valence-electron chi connectivity index (χ0n) is 8.83. The number of sulfonamides is 1. The smallest absolute Gasteiger partial charge is 0.266 e. The number of pyridine rings is 1. The molecule has 0 aliphatic heterocycles. The molecule has 0 saturated carbocycles. The van der Waals surface area contributed by atoms with Crippen molar-refractivity contribution in [2.75, 3.05) is 4.72 Å². The van der Waals surface area contributed by atoms with Gasteiger partial charge >= 0.3 is 0 Å². The van der Waals surface area contributed by atoms with Crippen molar-refractivity contribution in [3.63, 3.8) is 0 Å². The van der Waals surface area contributed by atoms with E-state index in [1.807, 2.05) is 0 Å². The van der Waals surface area contributed by atoms with Gasteiger partial charge in [-0.05, 0) is 28.1 Å². The van der Waals surface area contributed by atoms with E-state index in [0.717, 1.165) is 0 Å². The van der Waals surface area contributed by atoms with Crippen LogP contribution in [0.25, 0.3) is 0 Å². The molecule has 1 N–H and O–H groups in total. The molecule has 2 aromatic heterocycles. The van der Waals surface area contributed by atoms with Gasteiger partial charge < -0.3 is 0 Å². The Morgan fingerprint density at radius 3 is 2.76 bits per heavy atom. The van der Waals surface area contributed by atoms with Gasteiger partial charge in [-0.15, -0.1) is 0 Å². The lowest BCUT2D eigenvalue weighted by molar-refractivity contribution is 0.601. The largest absolute Gasteiger partial charge is 0.274 e. The predicted molar refractivity (Wildman–Crippen MR) is 66.0 cm³/mol. The topological polar surface area (TPSA) is 76.9 Å². The number of nitrogens with zero attached hydrogens (tertiary/aromatic N) is 3. The first-order chi connectivity index (χ1) is 7.97. The van der Waals surface area contributed by atoms with Gasteiger partial charge in [-0.1, -0.05) is 6.07 Å². The van der Waals surface area contributed by atoms with E-state index in [-0.39, 0.29) is 10.7 Å². The Bertz CT molecular complexity index is 638. The molecule has 0 aliphatic carbocycles. The summed E-state index contributed by atoms with van der Waals surface area (Å²) in [6.45, 7) is 0. The predicted octanol–water partition coefficient (Wildman–Crippen LogP) is 1.38. The lowest BCUT2D eigenvalue weighted by Gasteiger charge is -2.04. The summed E-state index contributed by atoms with van der Waals surface area (Å²) >= 11 is 3.17. The van der Waals surface area contributed by atoms with Gasteiger partial charge in [0.05, 0.1) is 6.20 Å². The lowest BCUT2D eigenvalue weighted by atomic mass is 10.5. The van der Waals surface area contributed by atoms with Crippen LogP contribution >= 0.6 is 15.9 Å². The van der Waals surface area contributed by atoms with Crippen molar-refractivity contribution in [2.24, 2.45) is 7.05 Å². The summed E-state index contributed by atoms with van der Waals surface area (Å²) in [6.07, 6.45) is 2.70. The Morgan fingerprint density at radius 2 is 2.18 bits per heavy atom. The van der Waals surface area contributed by atoms with Crippen molar-refractivity contribution in [3.05, 3.63) is 35.2 Å². The Labute approximate surface area is 107 Å². The molecule has 0 bridgehead atoms. The minimum atomic E-state index is -3.63. The molecule has 0 fully saturated rings. The maximum absolute atomic E-state index is 11.9. The van der Waals surface area contributed by atoms with E-state index in [4.69, 9.17) is 0 Å². The van der Waals surface area contributed by atoms with Crippen molar-refractivity contribution >= 4 is 31.8 Å². The van der Waals surface area contributed by atoms with Crippen LogP contribution in [0, 0.1) is 0 Å². The van der Waals surface area contributed by atoms with Gasteiger partial charge in [-0.3, -0.25) is 9.40 Å². The first-order valence-corrected chi connectivity index (χ1v) is 6.89. The summed E-state index contributed by atoms with van der Waals surface area (Å²) in [6, 6.07) is 4.97. The minimum absolute atomic E-state index is 0.0989. The van der Waals surface area contributed by atoms with E-state index < -0.39 is 10.0 Å². The molecular weight excluding hydrogens is 308 g/mol. The van der Waals surface area contributed by atoms with Gasteiger partial charge in [0, 0.05) is 13.2 Å². The number of hydrogen-bond donors (Lipinski definition) is 1. The highest BCUT2D eigenvalue weighted by atomic mass is 79.9. The van der Waals surface area contributed by atoms with Crippen molar-refractivity contribution < 1.29 is 8.42 Å². The van der Waals surface area contributed by atoms with Crippen molar-refractivity contribution in [3.8, 4) is 0 Å². The van der Waals surface area contributed by atoms with Crippen LogP contribution in [0.5, 0.6) is 0 Å². The average molecular weight is 317 g/mol. The van der Waals surface area contributed by atoms with Gasteiger partial charge in [-0.25, -0.2) is 13.4 Å². The highest BCUT2D eigenvalue weighted by Crippen LogP contribution is 2.15. The van der Waals surface area contributed by atoms with E-state index in [2.05, 4.69) is 30.7 Å². The third kappa shape index (κ3) is 2.83. The van der Waals surface area contributed by atoms with Crippen LogP contribution in [0.2, 0.25) is 0 Å². The van der Waals surface area contributed by atoms with Gasteiger partial charge in [-0.2, -0.15) is 5.10 Å². The molecule has 0 spiro atoms. The van der Waals surface area contributed by atoms with E-state index in [0.29, 0.717) is 4.60 Å². The Kier molecular flexibility index (Phi) is 3.16. The summed E-state index contributed by atoms with van der Waals surface area (Å²) in [7, 11) is -1.98. The van der Waals surface area contributed by atoms with Gasteiger partial charge in [0.2, 0.25) is 0 Å². The molecule has 0 saturated heterocycles. The highest BCUT2D eigenvalue weighted by molar-refractivity contribution is 9.10. The summed E-state index contributed by atoms with van der Waals surface area (Å²) in [5, 5.41) is 3.81. The summed E-state index contributed by atoms with van der Waals surface area (Å²) in [4.78, 5) is 4.09. The molecule has 8 heteroatoms. The number of nitrogens with one attached hydrogen (secondary N) is 1. The second-order valence-corrected chi connectivity index (χ2v) is 5.80. The summed E-state index contributed by atoms with van der Waals surface area (Å²) in [5.74, 6) is 0.253. The molecule has 6 nitrogen and oxygen atoms in total. The molecule has 2 aromatic rings. The number of aryl methyl sites for hydroxylation is 1.